The van der Waals surface area contributed by atoms with Crippen molar-refractivity contribution in [2.45, 2.75) is 13.3 Å². The summed E-state index contributed by atoms with van der Waals surface area (Å²) in [6.45, 7) is 2.73. The van der Waals surface area contributed by atoms with Gasteiger partial charge in [-0.25, -0.2) is 0 Å². The van der Waals surface area contributed by atoms with Crippen LogP contribution in [0.2, 0.25) is 0 Å². The molecule has 0 amide bonds. The fraction of sp³-hybridized carbons (Fsp3) is 0.231. The van der Waals surface area contributed by atoms with Crippen LogP contribution in [0.25, 0.3) is 10.8 Å². The monoisotopic (exact) mass is 248 g/mol. The number of fused-ring (bicyclic) bond motifs is 3. The Bertz CT molecular complexity index is 541. The van der Waals surface area contributed by atoms with Crippen LogP contribution in [-0.4, -0.2) is 6.61 Å². The van der Waals surface area contributed by atoms with Crippen molar-refractivity contribution >= 4 is 19.4 Å². The second-order valence-electron chi connectivity index (χ2n) is 3.85. The van der Waals surface area contributed by atoms with E-state index in [4.69, 9.17) is 13.6 Å². The van der Waals surface area contributed by atoms with E-state index in [2.05, 4.69) is 13.0 Å². The third-order valence-electron chi connectivity index (χ3n) is 2.58. The summed E-state index contributed by atoms with van der Waals surface area (Å²) in [4.78, 5) is 0. The minimum Gasteiger partial charge on any atom is -0.414 e. The number of rotatable bonds is 3. The van der Waals surface area contributed by atoms with E-state index in [1.165, 1.54) is 0 Å². The van der Waals surface area contributed by atoms with Crippen LogP contribution in [0.1, 0.15) is 13.3 Å². The second-order valence-corrected chi connectivity index (χ2v) is 4.92. The van der Waals surface area contributed by atoms with Gasteiger partial charge < -0.3 is 9.05 Å². The third kappa shape index (κ3) is 1.97. The standard InChI is InChI=1S/C13H13O3P/c1-2-9-14-17-15-12-8-7-10-5-3-4-6-11(10)13(12)16-17/h3-8H,2,9H2,1H3. The molecule has 1 aliphatic heterocycles. The fourth-order valence-electron chi connectivity index (χ4n) is 1.78. The molecule has 0 N–H and O–H groups in total. The molecule has 1 aliphatic rings. The first-order valence-electron chi connectivity index (χ1n) is 5.69. The molecule has 0 aliphatic carbocycles. The van der Waals surface area contributed by atoms with E-state index in [1.807, 2.05) is 30.3 Å². The molecule has 4 heteroatoms. The maximum absolute atomic E-state index is 5.74. The summed E-state index contributed by atoms with van der Waals surface area (Å²) in [5, 5.41) is 2.23. The SMILES string of the molecule is CCCOP1Oc2ccc3ccccc3c2O1. The quantitative estimate of drug-likeness (QED) is 0.759. The average Bonchev–Trinajstić information content (AvgIpc) is 2.79. The molecule has 0 aromatic heterocycles. The lowest BCUT2D eigenvalue weighted by Gasteiger charge is -2.06. The van der Waals surface area contributed by atoms with Gasteiger partial charge in [-0.2, -0.15) is 0 Å². The highest BCUT2D eigenvalue weighted by Crippen LogP contribution is 2.55. The Kier molecular flexibility index (Phi) is 2.87. The van der Waals surface area contributed by atoms with Gasteiger partial charge in [0.05, 0.1) is 6.61 Å². The molecule has 0 bridgehead atoms. The van der Waals surface area contributed by atoms with E-state index in [9.17, 15) is 0 Å². The molecule has 0 saturated carbocycles. The van der Waals surface area contributed by atoms with Gasteiger partial charge in [0, 0.05) is 5.39 Å². The highest BCUT2D eigenvalue weighted by Gasteiger charge is 2.29. The molecule has 0 saturated heterocycles. The molecular formula is C13H13O3P. The number of hydrogen-bond donors (Lipinski definition) is 0. The summed E-state index contributed by atoms with van der Waals surface area (Å²) in [5.41, 5.74) is 0. The van der Waals surface area contributed by atoms with Crippen molar-refractivity contribution < 1.29 is 13.6 Å². The predicted molar refractivity (Wildman–Crippen MR) is 68.4 cm³/mol. The molecule has 1 unspecified atom stereocenters. The van der Waals surface area contributed by atoms with Gasteiger partial charge in [0.2, 0.25) is 0 Å². The molecule has 0 fully saturated rings. The van der Waals surface area contributed by atoms with Crippen molar-refractivity contribution in [1.82, 2.24) is 0 Å². The van der Waals surface area contributed by atoms with Crippen LogP contribution >= 0.6 is 8.60 Å². The molecule has 1 atom stereocenters. The molecular weight excluding hydrogens is 235 g/mol. The van der Waals surface area contributed by atoms with Crippen LogP contribution in [0.3, 0.4) is 0 Å². The third-order valence-corrected chi connectivity index (χ3v) is 3.65. The topological polar surface area (TPSA) is 27.7 Å². The van der Waals surface area contributed by atoms with Crippen molar-refractivity contribution in [2.75, 3.05) is 6.61 Å². The van der Waals surface area contributed by atoms with Crippen molar-refractivity contribution in [1.29, 1.82) is 0 Å². The van der Waals surface area contributed by atoms with Crippen LogP contribution in [0.15, 0.2) is 36.4 Å². The van der Waals surface area contributed by atoms with Gasteiger partial charge in [0.15, 0.2) is 11.5 Å². The van der Waals surface area contributed by atoms with Gasteiger partial charge >= 0.3 is 8.60 Å². The van der Waals surface area contributed by atoms with E-state index in [-0.39, 0.29) is 0 Å². The zero-order valence-electron chi connectivity index (χ0n) is 9.55. The van der Waals surface area contributed by atoms with E-state index in [0.29, 0.717) is 6.61 Å². The minimum absolute atomic E-state index is 0.664. The highest BCUT2D eigenvalue weighted by molar-refractivity contribution is 7.43. The Labute approximate surface area is 101 Å². The molecule has 1 heterocycles. The maximum Gasteiger partial charge on any atom is 0.463 e. The predicted octanol–water partition coefficient (Wildman–Crippen LogP) is 4.26. The highest BCUT2D eigenvalue weighted by atomic mass is 31.2. The van der Waals surface area contributed by atoms with E-state index in [1.54, 1.807) is 0 Å². The van der Waals surface area contributed by atoms with Crippen molar-refractivity contribution in [3.8, 4) is 11.5 Å². The van der Waals surface area contributed by atoms with Crippen molar-refractivity contribution in [3.05, 3.63) is 36.4 Å². The van der Waals surface area contributed by atoms with E-state index in [0.717, 1.165) is 28.7 Å². The number of hydrogen-bond acceptors (Lipinski definition) is 3. The summed E-state index contributed by atoms with van der Waals surface area (Å²) in [6, 6.07) is 12.1. The summed E-state index contributed by atoms with van der Waals surface area (Å²) in [5.74, 6) is 1.59. The lowest BCUT2D eigenvalue weighted by Crippen LogP contribution is -1.92. The molecule has 2 aromatic rings. The zero-order valence-corrected chi connectivity index (χ0v) is 10.4. The Balaban J connectivity index is 1.94. The van der Waals surface area contributed by atoms with E-state index < -0.39 is 8.60 Å². The molecule has 3 nitrogen and oxygen atoms in total. The first kappa shape index (κ1) is 10.8. The van der Waals surface area contributed by atoms with E-state index >= 15 is 0 Å². The Morgan fingerprint density at radius 2 is 2.00 bits per heavy atom. The fourth-order valence-corrected chi connectivity index (χ4v) is 2.90. The Hall–Kier alpha value is -1.31. The van der Waals surface area contributed by atoms with Gasteiger partial charge in [-0.1, -0.05) is 37.3 Å². The normalized spacial score (nSPS) is 17.6. The van der Waals surface area contributed by atoms with Gasteiger partial charge in [-0.05, 0) is 17.9 Å². The molecule has 17 heavy (non-hydrogen) atoms. The number of benzene rings is 2. The Morgan fingerprint density at radius 1 is 1.12 bits per heavy atom. The van der Waals surface area contributed by atoms with Crippen LogP contribution < -0.4 is 9.05 Å². The maximum atomic E-state index is 5.74. The van der Waals surface area contributed by atoms with Crippen molar-refractivity contribution in [2.24, 2.45) is 0 Å². The van der Waals surface area contributed by atoms with Gasteiger partial charge in [-0.3, -0.25) is 4.52 Å². The van der Waals surface area contributed by atoms with Crippen LogP contribution in [0, 0.1) is 0 Å². The smallest absolute Gasteiger partial charge is 0.414 e. The Morgan fingerprint density at radius 3 is 2.88 bits per heavy atom. The van der Waals surface area contributed by atoms with Gasteiger partial charge in [0.25, 0.3) is 0 Å². The summed E-state index contributed by atoms with van der Waals surface area (Å²) in [7, 11) is -1.25. The van der Waals surface area contributed by atoms with Crippen LogP contribution in [0.5, 0.6) is 11.5 Å². The molecule has 0 radical (unpaired) electrons. The second kappa shape index (κ2) is 4.52. The zero-order chi connectivity index (χ0) is 11.7. The average molecular weight is 248 g/mol. The summed E-state index contributed by atoms with van der Waals surface area (Å²) < 4.78 is 16.9. The molecule has 2 aromatic carbocycles. The molecule has 3 rings (SSSR count). The summed E-state index contributed by atoms with van der Waals surface area (Å²) in [6.07, 6.45) is 0.961. The first-order valence-corrected chi connectivity index (χ1v) is 6.79. The van der Waals surface area contributed by atoms with Gasteiger partial charge in [-0.15, -0.1) is 0 Å². The van der Waals surface area contributed by atoms with Crippen LogP contribution in [-0.2, 0) is 4.52 Å². The van der Waals surface area contributed by atoms with Gasteiger partial charge in [0.1, 0.15) is 0 Å². The molecule has 0 spiro atoms. The van der Waals surface area contributed by atoms with Crippen molar-refractivity contribution in [3.63, 3.8) is 0 Å². The lowest BCUT2D eigenvalue weighted by molar-refractivity contribution is 0.284. The molecule has 88 valence electrons. The summed E-state index contributed by atoms with van der Waals surface area (Å²) >= 11 is 0. The van der Waals surface area contributed by atoms with Crippen LogP contribution in [0.4, 0.5) is 0 Å². The minimum atomic E-state index is -1.25. The largest absolute Gasteiger partial charge is 0.463 e. The first-order chi connectivity index (χ1) is 8.38. The lowest BCUT2D eigenvalue weighted by atomic mass is 10.1.